The topological polar surface area (TPSA) is 66.4 Å². The summed E-state index contributed by atoms with van der Waals surface area (Å²) in [5.74, 6) is -1.07. The zero-order chi connectivity index (χ0) is 13.9. The first-order valence-corrected chi connectivity index (χ1v) is 6.64. The minimum atomic E-state index is -0.861. The van der Waals surface area contributed by atoms with Crippen LogP contribution in [0.1, 0.15) is 31.2 Å². The summed E-state index contributed by atoms with van der Waals surface area (Å²) >= 11 is 5.77. The van der Waals surface area contributed by atoms with Crippen LogP contribution in [0.4, 0.5) is 0 Å². The van der Waals surface area contributed by atoms with Crippen molar-refractivity contribution in [2.75, 3.05) is 0 Å². The molecule has 4 nitrogen and oxygen atoms in total. The Morgan fingerprint density at radius 1 is 1.26 bits per heavy atom. The number of rotatable bonds is 5. The van der Waals surface area contributed by atoms with Crippen molar-refractivity contribution in [2.24, 2.45) is 5.41 Å². The fourth-order valence-electron chi connectivity index (χ4n) is 2.24. The number of benzene rings is 1. The van der Waals surface area contributed by atoms with Crippen LogP contribution in [-0.4, -0.2) is 17.0 Å². The summed E-state index contributed by atoms with van der Waals surface area (Å²) in [6, 6.07) is 7.18. The molecule has 0 radical (unpaired) electrons. The Kier molecular flexibility index (Phi) is 4.10. The number of carboxylic acid groups (broad SMARTS) is 1. The van der Waals surface area contributed by atoms with Crippen LogP contribution in [0.5, 0.6) is 0 Å². The average molecular weight is 282 g/mol. The van der Waals surface area contributed by atoms with Gasteiger partial charge in [-0.05, 0) is 30.5 Å². The summed E-state index contributed by atoms with van der Waals surface area (Å²) in [6.07, 6.45) is 2.14. The van der Waals surface area contributed by atoms with Crippen molar-refractivity contribution in [3.05, 3.63) is 34.9 Å². The Morgan fingerprint density at radius 3 is 2.37 bits per heavy atom. The molecule has 0 spiro atoms. The van der Waals surface area contributed by atoms with Crippen LogP contribution in [0.25, 0.3) is 0 Å². The molecule has 0 atom stereocenters. The van der Waals surface area contributed by atoms with Gasteiger partial charge in [-0.2, -0.15) is 0 Å². The van der Waals surface area contributed by atoms with E-state index in [0.29, 0.717) is 24.4 Å². The van der Waals surface area contributed by atoms with Gasteiger partial charge in [-0.15, -0.1) is 0 Å². The smallest absolute Gasteiger partial charge is 0.310 e. The molecular weight excluding hydrogens is 266 g/mol. The number of hydrogen-bond donors (Lipinski definition) is 2. The molecule has 1 aliphatic rings. The van der Waals surface area contributed by atoms with E-state index in [2.05, 4.69) is 5.32 Å². The lowest BCUT2D eigenvalue weighted by Crippen LogP contribution is -2.42. The maximum atomic E-state index is 11.8. The first-order valence-electron chi connectivity index (χ1n) is 6.26. The molecule has 1 aromatic carbocycles. The molecule has 2 rings (SSSR count). The highest BCUT2D eigenvalue weighted by Gasteiger charge is 2.45. The highest BCUT2D eigenvalue weighted by atomic mass is 35.5. The van der Waals surface area contributed by atoms with Gasteiger partial charge in [0.1, 0.15) is 0 Å². The number of amides is 1. The second-order valence-electron chi connectivity index (χ2n) is 5.02. The lowest BCUT2D eigenvalue weighted by atomic mass is 9.66. The van der Waals surface area contributed by atoms with Crippen molar-refractivity contribution in [3.63, 3.8) is 0 Å². The fourth-order valence-corrected chi connectivity index (χ4v) is 2.37. The number of hydrogen-bond acceptors (Lipinski definition) is 2. The quantitative estimate of drug-likeness (QED) is 0.872. The van der Waals surface area contributed by atoms with Crippen LogP contribution in [0.3, 0.4) is 0 Å². The molecular formula is C14H16ClNO3. The van der Waals surface area contributed by atoms with Crippen molar-refractivity contribution in [3.8, 4) is 0 Å². The molecule has 1 saturated carbocycles. The van der Waals surface area contributed by atoms with Gasteiger partial charge in [0.15, 0.2) is 0 Å². The van der Waals surface area contributed by atoms with Gasteiger partial charge in [0.2, 0.25) is 5.91 Å². The van der Waals surface area contributed by atoms with Crippen LogP contribution in [-0.2, 0) is 16.1 Å². The van der Waals surface area contributed by atoms with Gasteiger partial charge in [0, 0.05) is 18.0 Å². The van der Waals surface area contributed by atoms with E-state index in [0.717, 1.165) is 12.0 Å². The monoisotopic (exact) mass is 281 g/mol. The first kappa shape index (κ1) is 13.9. The number of carbonyl (C=O) groups is 2. The molecule has 0 unspecified atom stereocenters. The van der Waals surface area contributed by atoms with Gasteiger partial charge in [0.05, 0.1) is 5.41 Å². The van der Waals surface area contributed by atoms with Gasteiger partial charge in [-0.25, -0.2) is 0 Å². The zero-order valence-corrected chi connectivity index (χ0v) is 11.2. The van der Waals surface area contributed by atoms with E-state index in [1.54, 1.807) is 12.1 Å². The fraction of sp³-hybridized carbons (Fsp3) is 0.429. The predicted molar refractivity (Wildman–Crippen MR) is 71.8 cm³/mol. The molecule has 0 aromatic heterocycles. The summed E-state index contributed by atoms with van der Waals surface area (Å²) in [6.45, 7) is 0.395. The Labute approximate surface area is 116 Å². The average Bonchev–Trinajstić information content (AvgIpc) is 2.32. The summed E-state index contributed by atoms with van der Waals surface area (Å²) in [5.41, 5.74) is 0.111. The van der Waals surface area contributed by atoms with Crippen LogP contribution in [0.15, 0.2) is 24.3 Å². The lowest BCUT2D eigenvalue weighted by molar-refractivity contribution is -0.157. The standard InChI is InChI=1S/C14H16ClNO3/c15-11-4-2-10(3-5-11)9-16-12(17)8-14(13(18)19)6-1-7-14/h2-5H,1,6-9H2,(H,16,17)(H,18,19). The third-order valence-corrected chi connectivity index (χ3v) is 3.92. The summed E-state index contributed by atoms with van der Waals surface area (Å²) in [5, 5.41) is 12.6. The summed E-state index contributed by atoms with van der Waals surface area (Å²) in [4.78, 5) is 23.0. The first-order chi connectivity index (χ1) is 9.02. The molecule has 1 amide bonds. The van der Waals surface area contributed by atoms with Crippen molar-refractivity contribution >= 4 is 23.5 Å². The molecule has 0 bridgehead atoms. The van der Waals surface area contributed by atoms with E-state index in [4.69, 9.17) is 16.7 Å². The summed E-state index contributed by atoms with van der Waals surface area (Å²) in [7, 11) is 0. The van der Waals surface area contributed by atoms with Crippen molar-refractivity contribution in [1.29, 1.82) is 0 Å². The van der Waals surface area contributed by atoms with Crippen molar-refractivity contribution in [2.45, 2.75) is 32.2 Å². The van der Waals surface area contributed by atoms with Crippen LogP contribution in [0.2, 0.25) is 5.02 Å². The molecule has 2 N–H and O–H groups in total. The number of aliphatic carboxylic acids is 1. The molecule has 1 fully saturated rings. The van der Waals surface area contributed by atoms with Crippen molar-refractivity contribution < 1.29 is 14.7 Å². The minimum Gasteiger partial charge on any atom is -0.481 e. The maximum Gasteiger partial charge on any atom is 0.310 e. The van der Waals surface area contributed by atoms with Crippen LogP contribution >= 0.6 is 11.6 Å². The molecule has 0 saturated heterocycles. The Morgan fingerprint density at radius 2 is 1.89 bits per heavy atom. The number of nitrogens with one attached hydrogen (secondary N) is 1. The molecule has 5 heteroatoms. The molecule has 102 valence electrons. The highest BCUT2D eigenvalue weighted by molar-refractivity contribution is 6.30. The molecule has 1 aromatic rings. The van der Waals surface area contributed by atoms with Gasteiger partial charge < -0.3 is 10.4 Å². The van der Waals surface area contributed by atoms with E-state index in [1.165, 1.54) is 0 Å². The predicted octanol–water partition coefficient (Wildman–Crippen LogP) is 2.60. The van der Waals surface area contributed by atoms with Gasteiger partial charge in [-0.1, -0.05) is 30.2 Å². The Balaban J connectivity index is 1.85. The van der Waals surface area contributed by atoms with Crippen LogP contribution in [0, 0.1) is 5.41 Å². The normalized spacial score (nSPS) is 16.5. The lowest BCUT2D eigenvalue weighted by Gasteiger charge is -2.36. The third kappa shape index (κ3) is 3.26. The highest BCUT2D eigenvalue weighted by Crippen LogP contribution is 2.44. The molecule has 0 aliphatic heterocycles. The molecule has 19 heavy (non-hydrogen) atoms. The largest absolute Gasteiger partial charge is 0.481 e. The van der Waals surface area contributed by atoms with Gasteiger partial charge in [-0.3, -0.25) is 9.59 Å². The van der Waals surface area contributed by atoms with E-state index < -0.39 is 11.4 Å². The summed E-state index contributed by atoms with van der Waals surface area (Å²) < 4.78 is 0. The Bertz CT molecular complexity index is 480. The van der Waals surface area contributed by atoms with Crippen LogP contribution < -0.4 is 5.32 Å². The van der Waals surface area contributed by atoms with E-state index in [1.807, 2.05) is 12.1 Å². The van der Waals surface area contributed by atoms with E-state index >= 15 is 0 Å². The zero-order valence-electron chi connectivity index (χ0n) is 10.5. The van der Waals surface area contributed by atoms with Crippen molar-refractivity contribution in [1.82, 2.24) is 5.32 Å². The second-order valence-corrected chi connectivity index (χ2v) is 5.46. The number of halogens is 1. The van der Waals surface area contributed by atoms with Gasteiger partial charge >= 0.3 is 5.97 Å². The third-order valence-electron chi connectivity index (χ3n) is 3.67. The minimum absolute atomic E-state index is 0.0654. The SMILES string of the molecule is O=C(CC1(C(=O)O)CCC1)NCc1ccc(Cl)cc1. The van der Waals surface area contributed by atoms with Gasteiger partial charge in [0.25, 0.3) is 0 Å². The second kappa shape index (κ2) is 5.61. The number of carboxylic acids is 1. The maximum absolute atomic E-state index is 11.8. The Hall–Kier alpha value is -1.55. The molecule has 0 heterocycles. The van der Waals surface area contributed by atoms with E-state index in [-0.39, 0.29) is 12.3 Å². The van der Waals surface area contributed by atoms with E-state index in [9.17, 15) is 9.59 Å². The molecule has 1 aliphatic carbocycles. The number of carbonyl (C=O) groups excluding carboxylic acids is 1.